The number of carbonyl (C=O) groups is 2. The molecule has 0 atom stereocenters. The lowest BCUT2D eigenvalue weighted by atomic mass is 10.1. The highest BCUT2D eigenvalue weighted by molar-refractivity contribution is 5.76. The molecule has 3 rings (SSSR count). The Hall–Kier alpha value is -2.93. The van der Waals surface area contributed by atoms with E-state index in [0.29, 0.717) is 31.8 Å². The molecule has 1 aromatic carbocycles. The molecule has 0 radical (unpaired) electrons. The SMILES string of the molecule is CN1CCN(Cc2cc(-c3ccccn3)ccc2OCC(=O)O)CCC1=O. The lowest BCUT2D eigenvalue weighted by Gasteiger charge is -2.22. The zero-order valence-electron chi connectivity index (χ0n) is 15.3. The van der Waals surface area contributed by atoms with E-state index < -0.39 is 12.6 Å². The normalized spacial score (nSPS) is 15.4. The van der Waals surface area contributed by atoms with Crippen molar-refractivity contribution < 1.29 is 19.4 Å². The summed E-state index contributed by atoms with van der Waals surface area (Å²) in [5, 5.41) is 8.93. The smallest absolute Gasteiger partial charge is 0.341 e. The number of amides is 1. The van der Waals surface area contributed by atoms with E-state index in [1.807, 2.05) is 37.4 Å². The van der Waals surface area contributed by atoms with Gasteiger partial charge in [0.2, 0.25) is 5.91 Å². The molecule has 1 N–H and O–H groups in total. The molecule has 0 spiro atoms. The van der Waals surface area contributed by atoms with Crippen LogP contribution in [0.1, 0.15) is 12.0 Å². The third kappa shape index (κ3) is 5.04. The summed E-state index contributed by atoms with van der Waals surface area (Å²) in [7, 11) is 1.81. The summed E-state index contributed by atoms with van der Waals surface area (Å²) in [6.45, 7) is 2.28. The number of carbonyl (C=O) groups excluding carboxylic acids is 1. The van der Waals surface area contributed by atoms with Gasteiger partial charge in [0.1, 0.15) is 5.75 Å². The maximum absolute atomic E-state index is 11.9. The summed E-state index contributed by atoms with van der Waals surface area (Å²) in [6, 6.07) is 11.4. The predicted octanol–water partition coefficient (Wildman–Crippen LogP) is 1.88. The van der Waals surface area contributed by atoms with Crippen LogP contribution in [0.5, 0.6) is 5.75 Å². The molecule has 142 valence electrons. The first kappa shape index (κ1) is 18.8. The first-order valence-corrected chi connectivity index (χ1v) is 8.88. The van der Waals surface area contributed by atoms with E-state index in [9.17, 15) is 9.59 Å². The maximum atomic E-state index is 11.9. The number of aromatic nitrogens is 1. The van der Waals surface area contributed by atoms with Crippen molar-refractivity contribution in [1.82, 2.24) is 14.8 Å². The van der Waals surface area contributed by atoms with Gasteiger partial charge in [0, 0.05) is 57.0 Å². The summed E-state index contributed by atoms with van der Waals surface area (Å²) < 4.78 is 5.48. The molecule has 1 aliphatic rings. The molecule has 0 aliphatic carbocycles. The largest absolute Gasteiger partial charge is 0.482 e. The van der Waals surface area contributed by atoms with Crippen molar-refractivity contribution in [3.8, 4) is 17.0 Å². The zero-order chi connectivity index (χ0) is 19.2. The zero-order valence-corrected chi connectivity index (χ0v) is 15.3. The molecule has 1 fully saturated rings. The molecule has 2 heterocycles. The number of hydrogen-bond acceptors (Lipinski definition) is 5. The molecule has 0 bridgehead atoms. The molecule has 1 aliphatic heterocycles. The first-order chi connectivity index (χ1) is 13.0. The van der Waals surface area contributed by atoms with Crippen molar-refractivity contribution in [2.24, 2.45) is 0 Å². The van der Waals surface area contributed by atoms with Crippen molar-refractivity contribution >= 4 is 11.9 Å². The Labute approximate surface area is 158 Å². The lowest BCUT2D eigenvalue weighted by molar-refractivity contribution is -0.139. The van der Waals surface area contributed by atoms with Crippen LogP contribution in [-0.4, -0.2) is 65.1 Å². The van der Waals surface area contributed by atoms with E-state index in [1.165, 1.54) is 0 Å². The van der Waals surface area contributed by atoms with E-state index in [2.05, 4.69) is 9.88 Å². The maximum Gasteiger partial charge on any atom is 0.341 e. The number of rotatable bonds is 6. The minimum Gasteiger partial charge on any atom is -0.482 e. The number of hydrogen-bond donors (Lipinski definition) is 1. The summed E-state index contributed by atoms with van der Waals surface area (Å²) in [6.07, 6.45) is 2.21. The van der Waals surface area contributed by atoms with E-state index in [4.69, 9.17) is 9.84 Å². The molecular weight excluding hydrogens is 346 g/mol. The van der Waals surface area contributed by atoms with Crippen LogP contribution in [0.3, 0.4) is 0 Å². The summed E-state index contributed by atoms with van der Waals surface area (Å²) in [4.78, 5) is 31.1. The van der Waals surface area contributed by atoms with Gasteiger partial charge in [0.15, 0.2) is 6.61 Å². The molecule has 7 heteroatoms. The second kappa shape index (κ2) is 8.64. The van der Waals surface area contributed by atoms with Gasteiger partial charge in [0.05, 0.1) is 5.69 Å². The highest BCUT2D eigenvalue weighted by Gasteiger charge is 2.19. The van der Waals surface area contributed by atoms with Crippen molar-refractivity contribution in [2.75, 3.05) is 33.3 Å². The number of ether oxygens (including phenoxy) is 1. The summed E-state index contributed by atoms with van der Waals surface area (Å²) in [5.74, 6) is -0.333. The minimum absolute atomic E-state index is 0.141. The average Bonchev–Trinajstić information content (AvgIpc) is 2.83. The highest BCUT2D eigenvalue weighted by atomic mass is 16.5. The third-order valence-corrected chi connectivity index (χ3v) is 4.59. The van der Waals surface area contributed by atoms with Gasteiger partial charge in [-0.2, -0.15) is 0 Å². The lowest BCUT2D eigenvalue weighted by Crippen LogP contribution is -2.30. The highest BCUT2D eigenvalue weighted by Crippen LogP contribution is 2.27. The molecule has 2 aromatic rings. The predicted molar refractivity (Wildman–Crippen MR) is 100 cm³/mol. The fourth-order valence-corrected chi connectivity index (χ4v) is 3.05. The summed E-state index contributed by atoms with van der Waals surface area (Å²) >= 11 is 0. The third-order valence-electron chi connectivity index (χ3n) is 4.59. The fourth-order valence-electron chi connectivity index (χ4n) is 3.05. The Balaban J connectivity index is 1.84. The van der Waals surface area contributed by atoms with Crippen molar-refractivity contribution in [3.63, 3.8) is 0 Å². The van der Waals surface area contributed by atoms with Crippen molar-refractivity contribution in [2.45, 2.75) is 13.0 Å². The van der Waals surface area contributed by atoms with Crippen LogP contribution in [0.25, 0.3) is 11.3 Å². The second-order valence-electron chi connectivity index (χ2n) is 6.56. The molecule has 0 saturated carbocycles. The monoisotopic (exact) mass is 369 g/mol. The van der Waals surface area contributed by atoms with Crippen LogP contribution in [-0.2, 0) is 16.1 Å². The van der Waals surface area contributed by atoms with E-state index >= 15 is 0 Å². The van der Waals surface area contributed by atoms with Gasteiger partial charge in [0.25, 0.3) is 0 Å². The van der Waals surface area contributed by atoms with Crippen LogP contribution < -0.4 is 4.74 Å². The topological polar surface area (TPSA) is 83.0 Å². The second-order valence-corrected chi connectivity index (χ2v) is 6.56. The molecule has 0 unspecified atom stereocenters. The van der Waals surface area contributed by atoms with Crippen LogP contribution in [0, 0.1) is 0 Å². The van der Waals surface area contributed by atoms with Gasteiger partial charge in [-0.15, -0.1) is 0 Å². The average molecular weight is 369 g/mol. The quantitative estimate of drug-likeness (QED) is 0.837. The number of benzene rings is 1. The van der Waals surface area contributed by atoms with Crippen LogP contribution in [0.2, 0.25) is 0 Å². The number of pyridine rings is 1. The number of aliphatic carboxylic acids is 1. The van der Waals surface area contributed by atoms with Gasteiger partial charge in [-0.3, -0.25) is 14.7 Å². The Bertz CT molecular complexity index is 810. The molecule has 27 heavy (non-hydrogen) atoms. The Morgan fingerprint density at radius 1 is 1.22 bits per heavy atom. The van der Waals surface area contributed by atoms with Gasteiger partial charge < -0.3 is 14.7 Å². The standard InChI is InChI=1S/C20H23N3O4/c1-22-10-11-23(9-7-19(22)24)13-16-12-15(17-4-2-3-8-21-17)5-6-18(16)27-14-20(25)26/h2-6,8,12H,7,9-11,13-14H2,1H3,(H,25,26). The van der Waals surface area contributed by atoms with E-state index in [0.717, 1.165) is 23.4 Å². The molecule has 1 saturated heterocycles. The number of nitrogens with zero attached hydrogens (tertiary/aromatic N) is 3. The van der Waals surface area contributed by atoms with Gasteiger partial charge in [-0.1, -0.05) is 6.07 Å². The summed E-state index contributed by atoms with van der Waals surface area (Å²) in [5.41, 5.74) is 2.67. The minimum atomic E-state index is -1.02. The number of carboxylic acids is 1. The molecule has 1 amide bonds. The van der Waals surface area contributed by atoms with Crippen molar-refractivity contribution in [3.05, 3.63) is 48.2 Å². The fraction of sp³-hybridized carbons (Fsp3) is 0.350. The van der Waals surface area contributed by atoms with Crippen molar-refractivity contribution in [1.29, 1.82) is 0 Å². The van der Waals surface area contributed by atoms with Gasteiger partial charge in [-0.25, -0.2) is 4.79 Å². The molecular formula is C20H23N3O4. The van der Waals surface area contributed by atoms with Gasteiger partial charge >= 0.3 is 5.97 Å². The van der Waals surface area contributed by atoms with E-state index in [-0.39, 0.29) is 5.91 Å². The van der Waals surface area contributed by atoms with E-state index in [1.54, 1.807) is 17.2 Å². The Kier molecular flexibility index (Phi) is 6.03. The van der Waals surface area contributed by atoms with Crippen LogP contribution >= 0.6 is 0 Å². The van der Waals surface area contributed by atoms with Crippen LogP contribution in [0.15, 0.2) is 42.6 Å². The first-order valence-electron chi connectivity index (χ1n) is 8.88. The Morgan fingerprint density at radius 2 is 2.07 bits per heavy atom. The number of carboxylic acid groups (broad SMARTS) is 1. The van der Waals surface area contributed by atoms with Gasteiger partial charge in [-0.05, 0) is 30.3 Å². The molecule has 1 aromatic heterocycles. The Morgan fingerprint density at radius 3 is 2.81 bits per heavy atom. The molecule has 7 nitrogen and oxygen atoms in total. The van der Waals surface area contributed by atoms with Crippen LogP contribution in [0.4, 0.5) is 0 Å². The number of likely N-dealkylation sites (N-methyl/N-ethyl adjacent to an activating group) is 1.